The van der Waals surface area contributed by atoms with E-state index < -0.39 is 0 Å². The average molecular weight is 213 g/mol. The molecule has 2 aromatic rings. The van der Waals surface area contributed by atoms with Gasteiger partial charge in [-0.15, -0.1) is 0 Å². The normalized spacial score (nSPS) is 9.69. The predicted molar refractivity (Wildman–Crippen MR) is 58.9 cm³/mol. The minimum Gasteiger partial charge on any atom is -0.492 e. The number of hydrogen-bond donors (Lipinski definition) is 0. The van der Waals surface area contributed by atoms with Crippen LogP contribution in [0.2, 0.25) is 0 Å². The van der Waals surface area contributed by atoms with Gasteiger partial charge in [0.25, 0.3) is 0 Å². The number of para-hydroxylation sites is 1. The van der Waals surface area contributed by atoms with Crippen molar-refractivity contribution in [1.29, 1.82) is 5.26 Å². The van der Waals surface area contributed by atoms with Crippen LogP contribution in [0.25, 0.3) is 0 Å². The molecule has 16 heavy (non-hydrogen) atoms. The Hall–Kier alpha value is -2.28. The molecule has 0 spiro atoms. The zero-order valence-corrected chi connectivity index (χ0v) is 8.71. The summed E-state index contributed by atoms with van der Waals surface area (Å²) < 4.78 is 7.29. The van der Waals surface area contributed by atoms with Crippen molar-refractivity contribution < 1.29 is 4.74 Å². The minimum absolute atomic E-state index is 0.414. The van der Waals surface area contributed by atoms with Gasteiger partial charge >= 0.3 is 0 Å². The second-order valence-electron chi connectivity index (χ2n) is 3.22. The van der Waals surface area contributed by atoms with Crippen molar-refractivity contribution >= 4 is 0 Å². The molecule has 0 unspecified atom stereocenters. The molecule has 0 aliphatic carbocycles. The topological polar surface area (TPSA) is 50.8 Å². The summed E-state index contributed by atoms with van der Waals surface area (Å²) in [6, 6.07) is 11.6. The molecule has 0 radical (unpaired) electrons. The third kappa shape index (κ3) is 2.39. The fraction of sp³-hybridized carbons (Fsp3) is 0.167. The van der Waals surface area contributed by atoms with Crippen LogP contribution in [0.1, 0.15) is 5.82 Å². The lowest BCUT2D eigenvalue weighted by atomic mass is 10.3. The van der Waals surface area contributed by atoms with Crippen LogP contribution in [0.3, 0.4) is 0 Å². The van der Waals surface area contributed by atoms with E-state index in [-0.39, 0.29) is 0 Å². The molecule has 0 amide bonds. The molecule has 0 atom stereocenters. The number of aromatic nitrogens is 2. The number of imidazole rings is 1. The summed E-state index contributed by atoms with van der Waals surface area (Å²) in [5, 5.41) is 8.75. The van der Waals surface area contributed by atoms with Crippen LogP contribution < -0.4 is 4.74 Å². The Morgan fingerprint density at radius 3 is 2.88 bits per heavy atom. The fourth-order valence-electron chi connectivity index (χ4n) is 1.38. The van der Waals surface area contributed by atoms with Crippen molar-refractivity contribution in [3.8, 4) is 11.8 Å². The molecule has 0 fully saturated rings. The monoisotopic (exact) mass is 213 g/mol. The van der Waals surface area contributed by atoms with Gasteiger partial charge in [-0.25, -0.2) is 4.98 Å². The first-order valence-electron chi connectivity index (χ1n) is 4.99. The Kier molecular flexibility index (Phi) is 3.19. The van der Waals surface area contributed by atoms with Gasteiger partial charge in [-0.2, -0.15) is 5.26 Å². The van der Waals surface area contributed by atoms with Gasteiger partial charge in [0, 0.05) is 12.4 Å². The van der Waals surface area contributed by atoms with E-state index in [0.29, 0.717) is 19.0 Å². The van der Waals surface area contributed by atoms with Crippen LogP contribution in [-0.4, -0.2) is 16.2 Å². The fourth-order valence-corrected chi connectivity index (χ4v) is 1.38. The first-order valence-corrected chi connectivity index (χ1v) is 4.99. The van der Waals surface area contributed by atoms with E-state index in [2.05, 4.69) is 4.98 Å². The van der Waals surface area contributed by atoms with Crippen molar-refractivity contribution in [3.05, 3.63) is 48.5 Å². The van der Waals surface area contributed by atoms with Gasteiger partial charge in [0.15, 0.2) is 0 Å². The number of hydrogen-bond acceptors (Lipinski definition) is 3. The molecule has 0 aliphatic heterocycles. The summed E-state index contributed by atoms with van der Waals surface area (Å²) in [7, 11) is 0. The summed E-state index contributed by atoms with van der Waals surface area (Å²) in [5.74, 6) is 1.25. The Labute approximate surface area is 93.7 Å². The van der Waals surface area contributed by atoms with Gasteiger partial charge in [-0.3, -0.25) is 0 Å². The molecule has 2 rings (SSSR count). The highest BCUT2D eigenvalue weighted by atomic mass is 16.5. The second kappa shape index (κ2) is 4.99. The van der Waals surface area contributed by atoms with Gasteiger partial charge in [0.05, 0.1) is 6.54 Å². The van der Waals surface area contributed by atoms with Gasteiger partial charge in [-0.1, -0.05) is 18.2 Å². The van der Waals surface area contributed by atoms with Crippen LogP contribution in [0.15, 0.2) is 42.7 Å². The number of ether oxygens (including phenoxy) is 1. The number of nitriles is 1. The van der Waals surface area contributed by atoms with Crippen molar-refractivity contribution in [2.75, 3.05) is 6.61 Å². The molecule has 1 aromatic carbocycles. The second-order valence-corrected chi connectivity index (χ2v) is 3.22. The molecule has 0 saturated carbocycles. The maximum atomic E-state index is 8.75. The minimum atomic E-state index is 0.414. The Morgan fingerprint density at radius 2 is 2.12 bits per heavy atom. The van der Waals surface area contributed by atoms with Crippen LogP contribution in [-0.2, 0) is 6.54 Å². The first kappa shape index (κ1) is 10.2. The van der Waals surface area contributed by atoms with Crippen LogP contribution in [0.5, 0.6) is 5.75 Å². The lowest BCUT2D eigenvalue weighted by Gasteiger charge is -2.06. The quantitative estimate of drug-likeness (QED) is 0.778. The molecule has 1 heterocycles. The zero-order chi connectivity index (χ0) is 11.2. The lowest BCUT2D eigenvalue weighted by molar-refractivity contribution is 0.298. The van der Waals surface area contributed by atoms with Gasteiger partial charge < -0.3 is 9.30 Å². The highest BCUT2D eigenvalue weighted by Crippen LogP contribution is 2.08. The van der Waals surface area contributed by atoms with Crippen molar-refractivity contribution in [1.82, 2.24) is 9.55 Å². The SMILES string of the molecule is N#Cc1nccn1CCOc1ccccc1. The molecular weight excluding hydrogens is 202 g/mol. The first-order chi connectivity index (χ1) is 7.90. The molecule has 80 valence electrons. The van der Waals surface area contributed by atoms with Crippen LogP contribution >= 0.6 is 0 Å². The molecule has 0 aliphatic rings. The number of benzene rings is 1. The third-order valence-corrected chi connectivity index (χ3v) is 2.16. The molecule has 4 nitrogen and oxygen atoms in total. The molecule has 0 N–H and O–H groups in total. The van der Waals surface area contributed by atoms with E-state index >= 15 is 0 Å². The van der Waals surface area contributed by atoms with Gasteiger partial charge in [-0.05, 0) is 12.1 Å². The molecule has 0 saturated heterocycles. The highest BCUT2D eigenvalue weighted by Gasteiger charge is 2.00. The Balaban J connectivity index is 1.88. The van der Waals surface area contributed by atoms with Crippen molar-refractivity contribution in [2.45, 2.75) is 6.54 Å². The standard InChI is InChI=1S/C12H11N3O/c13-10-12-14-6-7-15(12)8-9-16-11-4-2-1-3-5-11/h1-7H,8-9H2. The van der Waals surface area contributed by atoms with E-state index in [4.69, 9.17) is 10.00 Å². The molecule has 0 bridgehead atoms. The molecule has 1 aromatic heterocycles. The summed E-state index contributed by atoms with van der Waals surface area (Å²) in [6.45, 7) is 1.15. The van der Waals surface area contributed by atoms with Gasteiger partial charge in [0.2, 0.25) is 5.82 Å². The summed E-state index contributed by atoms with van der Waals surface area (Å²) in [5.41, 5.74) is 0. The van der Waals surface area contributed by atoms with E-state index in [0.717, 1.165) is 5.75 Å². The zero-order valence-electron chi connectivity index (χ0n) is 8.71. The third-order valence-electron chi connectivity index (χ3n) is 2.16. The summed E-state index contributed by atoms with van der Waals surface area (Å²) in [4.78, 5) is 3.91. The highest BCUT2D eigenvalue weighted by molar-refractivity contribution is 5.20. The van der Waals surface area contributed by atoms with E-state index in [1.54, 1.807) is 17.0 Å². The van der Waals surface area contributed by atoms with Crippen molar-refractivity contribution in [2.24, 2.45) is 0 Å². The molecule has 4 heteroatoms. The van der Waals surface area contributed by atoms with E-state index in [1.165, 1.54) is 0 Å². The summed E-state index contributed by atoms with van der Waals surface area (Å²) in [6.07, 6.45) is 3.38. The maximum Gasteiger partial charge on any atom is 0.212 e. The Morgan fingerprint density at radius 1 is 1.31 bits per heavy atom. The van der Waals surface area contributed by atoms with Gasteiger partial charge in [0.1, 0.15) is 18.4 Å². The predicted octanol–water partition coefficient (Wildman–Crippen LogP) is 1.83. The van der Waals surface area contributed by atoms with Crippen LogP contribution in [0, 0.1) is 11.3 Å². The van der Waals surface area contributed by atoms with E-state index in [1.807, 2.05) is 36.4 Å². The number of nitrogens with zero attached hydrogens (tertiary/aromatic N) is 3. The smallest absolute Gasteiger partial charge is 0.212 e. The van der Waals surface area contributed by atoms with Crippen molar-refractivity contribution in [3.63, 3.8) is 0 Å². The molecular formula is C12H11N3O. The van der Waals surface area contributed by atoms with Crippen LogP contribution in [0.4, 0.5) is 0 Å². The largest absolute Gasteiger partial charge is 0.492 e. The average Bonchev–Trinajstić information content (AvgIpc) is 2.78. The number of rotatable bonds is 4. The van der Waals surface area contributed by atoms with E-state index in [9.17, 15) is 0 Å². The Bertz CT molecular complexity index is 484. The lowest BCUT2D eigenvalue weighted by Crippen LogP contribution is -2.09. The maximum absolute atomic E-state index is 8.75. The summed E-state index contributed by atoms with van der Waals surface area (Å²) >= 11 is 0.